The van der Waals surface area contributed by atoms with E-state index in [-0.39, 0.29) is 5.78 Å². The highest BCUT2D eigenvalue weighted by Gasteiger charge is 2.41. The van der Waals surface area contributed by atoms with Gasteiger partial charge in [-0.3, -0.25) is 9.80 Å². The van der Waals surface area contributed by atoms with Gasteiger partial charge >= 0.3 is 0 Å². The summed E-state index contributed by atoms with van der Waals surface area (Å²) in [5.41, 5.74) is 8.69. The highest BCUT2D eigenvalue weighted by atomic mass is 35.5. The molecular weight excluding hydrogens is 359 g/mol. The summed E-state index contributed by atoms with van der Waals surface area (Å²) in [6.07, 6.45) is 1.92. The van der Waals surface area contributed by atoms with Crippen LogP contribution in [0.4, 0.5) is 0 Å². The Morgan fingerprint density at radius 3 is 2.68 bits per heavy atom. The van der Waals surface area contributed by atoms with Gasteiger partial charge in [0.2, 0.25) is 0 Å². The molecule has 0 saturated heterocycles. The van der Waals surface area contributed by atoms with Crippen molar-refractivity contribution >= 4 is 29.0 Å². The van der Waals surface area contributed by atoms with Crippen LogP contribution in [-0.2, 0) is 4.79 Å². The average molecular weight is 377 g/mol. The summed E-state index contributed by atoms with van der Waals surface area (Å²) in [7, 11) is 3.66. The average Bonchev–Trinajstić information content (AvgIpc) is 2.56. The predicted octanol–water partition coefficient (Wildman–Crippen LogP) is 3.57. The maximum Gasteiger partial charge on any atom is 0.161 e. The molecule has 2 aliphatic rings. The van der Waals surface area contributed by atoms with Crippen molar-refractivity contribution in [3.05, 3.63) is 56.5 Å². The molecule has 130 valence electrons. The van der Waals surface area contributed by atoms with E-state index in [0.717, 1.165) is 12.1 Å². The third kappa shape index (κ3) is 2.81. The summed E-state index contributed by atoms with van der Waals surface area (Å²) in [5.74, 6) is -0.244. The number of rotatable bonds is 2. The molecule has 25 heavy (non-hydrogen) atoms. The number of nitriles is 1. The zero-order valence-electron chi connectivity index (χ0n) is 14.0. The van der Waals surface area contributed by atoms with Gasteiger partial charge in [0.05, 0.1) is 27.6 Å². The Hall–Kier alpha value is -2.00. The van der Waals surface area contributed by atoms with Crippen LogP contribution in [-0.4, -0.2) is 29.9 Å². The van der Waals surface area contributed by atoms with Crippen LogP contribution in [0, 0.1) is 11.3 Å². The molecule has 2 N–H and O–H groups in total. The summed E-state index contributed by atoms with van der Waals surface area (Å²) in [6.45, 7) is 0. The second-order valence-electron chi connectivity index (χ2n) is 6.28. The minimum Gasteiger partial charge on any atom is -0.383 e. The number of allylic oxidation sites excluding steroid dienone is 3. The molecule has 3 rings (SSSR count). The Morgan fingerprint density at radius 2 is 2.04 bits per heavy atom. The molecule has 0 amide bonds. The fraction of sp³-hybridized carbons (Fsp3) is 0.333. The van der Waals surface area contributed by atoms with Crippen molar-refractivity contribution in [2.75, 3.05) is 14.1 Å². The fourth-order valence-electron chi connectivity index (χ4n) is 3.58. The van der Waals surface area contributed by atoms with E-state index in [0.29, 0.717) is 45.4 Å². The standard InChI is InChI=1S/C18H18Cl2N4O/c1-23(2)24-13-7-4-8-14(25)16(13)15(11(9-21)18(24)22)10-5-3-6-12(19)17(10)20/h3,5-6,15H,4,7-8,22H2,1-2H3/t15-/m1/s1. The molecule has 0 unspecified atom stereocenters. The van der Waals surface area contributed by atoms with Crippen LogP contribution in [0.15, 0.2) is 40.9 Å². The first-order valence-corrected chi connectivity index (χ1v) is 8.71. The molecule has 0 spiro atoms. The van der Waals surface area contributed by atoms with Crippen LogP contribution in [0.25, 0.3) is 0 Å². The predicted molar refractivity (Wildman–Crippen MR) is 97.4 cm³/mol. The number of hydrogen-bond acceptors (Lipinski definition) is 5. The highest BCUT2D eigenvalue weighted by Crippen LogP contribution is 2.47. The molecule has 1 heterocycles. The van der Waals surface area contributed by atoms with Crippen LogP contribution in [0.5, 0.6) is 0 Å². The minimum absolute atomic E-state index is 0.0226. The number of nitrogens with zero attached hydrogens (tertiary/aromatic N) is 3. The Balaban J connectivity index is 2.32. The fourth-order valence-corrected chi connectivity index (χ4v) is 4.00. The van der Waals surface area contributed by atoms with Crippen molar-refractivity contribution in [1.82, 2.24) is 10.0 Å². The van der Waals surface area contributed by atoms with Crippen molar-refractivity contribution < 1.29 is 4.79 Å². The van der Waals surface area contributed by atoms with Gasteiger partial charge < -0.3 is 5.73 Å². The first kappa shape index (κ1) is 17.8. The minimum atomic E-state index is -0.588. The molecule has 0 saturated carbocycles. The monoisotopic (exact) mass is 376 g/mol. The van der Waals surface area contributed by atoms with E-state index in [2.05, 4.69) is 6.07 Å². The van der Waals surface area contributed by atoms with E-state index in [9.17, 15) is 10.1 Å². The Kier molecular flexibility index (Phi) is 4.79. The van der Waals surface area contributed by atoms with Crippen LogP contribution in [0.2, 0.25) is 10.0 Å². The van der Waals surface area contributed by atoms with Crippen molar-refractivity contribution in [3.8, 4) is 6.07 Å². The lowest BCUT2D eigenvalue weighted by Gasteiger charge is -2.42. The molecule has 1 atom stereocenters. The molecule has 0 fully saturated rings. The van der Waals surface area contributed by atoms with Gasteiger partial charge in [-0.1, -0.05) is 35.3 Å². The molecule has 0 bridgehead atoms. The second-order valence-corrected chi connectivity index (χ2v) is 7.07. The number of hydrogen-bond donors (Lipinski definition) is 1. The molecule has 1 aliphatic heterocycles. The summed E-state index contributed by atoms with van der Waals surface area (Å²) < 4.78 is 0. The number of carbonyl (C=O) groups is 1. The van der Waals surface area contributed by atoms with Gasteiger partial charge in [-0.2, -0.15) is 5.26 Å². The smallest absolute Gasteiger partial charge is 0.161 e. The van der Waals surface area contributed by atoms with Gasteiger partial charge in [-0.25, -0.2) is 5.01 Å². The second kappa shape index (κ2) is 6.72. The molecule has 5 nitrogen and oxygen atoms in total. The van der Waals surface area contributed by atoms with Crippen molar-refractivity contribution in [2.45, 2.75) is 25.2 Å². The van der Waals surface area contributed by atoms with E-state index in [1.807, 2.05) is 14.1 Å². The highest BCUT2D eigenvalue weighted by molar-refractivity contribution is 6.42. The number of ketones is 1. The Morgan fingerprint density at radius 1 is 1.32 bits per heavy atom. The number of halogens is 2. The van der Waals surface area contributed by atoms with E-state index < -0.39 is 5.92 Å². The lowest BCUT2D eigenvalue weighted by atomic mass is 9.76. The van der Waals surface area contributed by atoms with Gasteiger partial charge in [0.1, 0.15) is 5.82 Å². The van der Waals surface area contributed by atoms with Crippen LogP contribution in [0.3, 0.4) is 0 Å². The maximum absolute atomic E-state index is 12.8. The van der Waals surface area contributed by atoms with E-state index in [1.165, 1.54) is 0 Å². The quantitative estimate of drug-likeness (QED) is 0.853. The van der Waals surface area contributed by atoms with Crippen molar-refractivity contribution in [2.24, 2.45) is 5.73 Å². The summed E-state index contributed by atoms with van der Waals surface area (Å²) >= 11 is 12.6. The lowest BCUT2D eigenvalue weighted by Crippen LogP contribution is -2.45. The maximum atomic E-state index is 12.8. The van der Waals surface area contributed by atoms with Gasteiger partial charge in [-0.15, -0.1) is 0 Å². The molecule has 1 aliphatic carbocycles. The van der Waals surface area contributed by atoms with E-state index in [4.69, 9.17) is 28.9 Å². The molecule has 1 aromatic carbocycles. The molecule has 0 radical (unpaired) electrons. The number of hydrazine groups is 1. The van der Waals surface area contributed by atoms with Gasteiger partial charge in [-0.05, 0) is 24.5 Å². The van der Waals surface area contributed by atoms with E-state index in [1.54, 1.807) is 28.2 Å². The molecule has 7 heteroatoms. The Labute approximate surface area is 156 Å². The first-order chi connectivity index (χ1) is 11.9. The summed E-state index contributed by atoms with van der Waals surface area (Å²) in [5, 5.41) is 14.1. The Bertz CT molecular complexity index is 851. The third-order valence-electron chi connectivity index (χ3n) is 4.58. The third-order valence-corrected chi connectivity index (χ3v) is 5.41. The normalized spacial score (nSPS) is 20.9. The molecular formula is C18H18Cl2N4O. The van der Waals surface area contributed by atoms with Gasteiger partial charge in [0, 0.05) is 31.8 Å². The topological polar surface area (TPSA) is 73.4 Å². The van der Waals surface area contributed by atoms with Crippen molar-refractivity contribution in [1.29, 1.82) is 5.26 Å². The SMILES string of the molecule is CN(C)N1C(N)=C(C#N)[C@@H](c2cccc(Cl)c2Cl)C2=C1CCCC2=O. The zero-order valence-corrected chi connectivity index (χ0v) is 15.5. The largest absolute Gasteiger partial charge is 0.383 e. The number of benzene rings is 1. The number of Topliss-reactive ketones (excluding diaryl/α,β-unsaturated/α-hetero) is 1. The molecule has 1 aromatic rings. The van der Waals surface area contributed by atoms with Gasteiger partial charge in [0.25, 0.3) is 0 Å². The number of nitrogens with two attached hydrogens (primary N) is 1. The van der Waals surface area contributed by atoms with Crippen molar-refractivity contribution in [3.63, 3.8) is 0 Å². The van der Waals surface area contributed by atoms with Crippen LogP contribution >= 0.6 is 23.2 Å². The summed E-state index contributed by atoms with van der Waals surface area (Å²) in [6, 6.07) is 7.42. The van der Waals surface area contributed by atoms with Crippen LogP contribution in [0.1, 0.15) is 30.7 Å². The van der Waals surface area contributed by atoms with Gasteiger partial charge in [0.15, 0.2) is 5.78 Å². The number of carbonyl (C=O) groups excluding carboxylic acids is 1. The van der Waals surface area contributed by atoms with Crippen LogP contribution < -0.4 is 5.73 Å². The molecule has 0 aromatic heterocycles. The first-order valence-electron chi connectivity index (χ1n) is 7.95. The van der Waals surface area contributed by atoms with E-state index >= 15 is 0 Å². The lowest BCUT2D eigenvalue weighted by molar-refractivity contribution is -0.116. The zero-order chi connectivity index (χ0) is 18.3. The summed E-state index contributed by atoms with van der Waals surface area (Å²) in [4.78, 5) is 12.8.